The summed E-state index contributed by atoms with van der Waals surface area (Å²) in [5, 5.41) is 2.27. The Morgan fingerprint density at radius 1 is 1.14 bits per heavy atom. The highest BCUT2D eigenvalue weighted by Crippen LogP contribution is 2.32. The van der Waals surface area contributed by atoms with Crippen molar-refractivity contribution in [2.75, 3.05) is 13.1 Å². The summed E-state index contributed by atoms with van der Waals surface area (Å²) in [6, 6.07) is 13.4. The lowest BCUT2D eigenvalue weighted by molar-refractivity contribution is -0.124. The molecule has 28 heavy (non-hydrogen) atoms. The number of benzene rings is 2. The minimum absolute atomic E-state index is 0.0565. The van der Waals surface area contributed by atoms with Crippen molar-refractivity contribution in [3.63, 3.8) is 0 Å². The molecule has 0 saturated carbocycles. The lowest BCUT2D eigenvalue weighted by Crippen LogP contribution is -2.37. The van der Waals surface area contributed by atoms with Crippen molar-refractivity contribution in [2.24, 2.45) is 0 Å². The third kappa shape index (κ3) is 4.88. The van der Waals surface area contributed by atoms with Crippen LogP contribution in [0.5, 0.6) is 0 Å². The van der Waals surface area contributed by atoms with E-state index in [2.05, 4.69) is 21.2 Å². The Bertz CT molecular complexity index is 964. The fourth-order valence-corrected chi connectivity index (χ4v) is 3.89. The van der Waals surface area contributed by atoms with Gasteiger partial charge in [-0.1, -0.05) is 52.3 Å². The first-order valence-electron chi connectivity index (χ1n) is 8.45. The summed E-state index contributed by atoms with van der Waals surface area (Å²) < 4.78 is 14.6. The van der Waals surface area contributed by atoms with Gasteiger partial charge >= 0.3 is 0 Å². The fraction of sp³-hybridized carbons (Fsp3) is 0.150. The van der Waals surface area contributed by atoms with Gasteiger partial charge in [-0.2, -0.15) is 0 Å². The molecule has 0 aromatic heterocycles. The highest BCUT2D eigenvalue weighted by atomic mass is 79.9. The minimum atomic E-state index is -0.488. The smallest absolute Gasteiger partial charge is 0.293 e. The van der Waals surface area contributed by atoms with Crippen molar-refractivity contribution in [1.29, 1.82) is 0 Å². The molecule has 1 aliphatic heterocycles. The average molecular weight is 463 g/mol. The number of hydrogen-bond acceptors (Lipinski definition) is 4. The number of hydrogen-bond donors (Lipinski definition) is 1. The van der Waals surface area contributed by atoms with Gasteiger partial charge in [-0.05, 0) is 35.5 Å². The van der Waals surface area contributed by atoms with Crippen LogP contribution in [0.4, 0.5) is 9.18 Å². The first kappa shape index (κ1) is 20.3. The summed E-state index contributed by atoms with van der Waals surface area (Å²) in [5.74, 6) is -1.16. The molecule has 1 heterocycles. The molecule has 1 N–H and O–H groups in total. The molecular formula is C20H16BrFN2O3S. The van der Waals surface area contributed by atoms with Gasteiger partial charge in [0.05, 0.1) is 11.3 Å². The van der Waals surface area contributed by atoms with Crippen molar-refractivity contribution in [2.45, 2.75) is 6.42 Å². The third-order valence-corrected chi connectivity index (χ3v) is 5.71. The second-order valence-corrected chi connectivity index (χ2v) is 7.82. The van der Waals surface area contributed by atoms with Crippen LogP contribution < -0.4 is 5.32 Å². The number of imide groups is 1. The Morgan fingerprint density at radius 3 is 2.61 bits per heavy atom. The molecule has 2 aromatic carbocycles. The number of carbonyl (C=O) groups is 3. The van der Waals surface area contributed by atoms with E-state index in [-0.39, 0.29) is 35.9 Å². The van der Waals surface area contributed by atoms with E-state index in [0.717, 1.165) is 26.7 Å². The van der Waals surface area contributed by atoms with Crippen molar-refractivity contribution in [1.82, 2.24) is 10.2 Å². The predicted molar refractivity (Wildman–Crippen MR) is 110 cm³/mol. The molecule has 0 bridgehead atoms. The van der Waals surface area contributed by atoms with Crippen LogP contribution in [0, 0.1) is 5.82 Å². The Balaban J connectivity index is 1.56. The zero-order chi connectivity index (χ0) is 20.1. The zero-order valence-corrected chi connectivity index (χ0v) is 17.1. The quantitative estimate of drug-likeness (QED) is 0.659. The molecule has 1 fully saturated rings. The van der Waals surface area contributed by atoms with E-state index < -0.39 is 17.0 Å². The number of nitrogens with one attached hydrogen (secondary N) is 1. The van der Waals surface area contributed by atoms with Gasteiger partial charge < -0.3 is 5.32 Å². The highest BCUT2D eigenvalue weighted by Gasteiger charge is 2.34. The average Bonchev–Trinajstić information content (AvgIpc) is 2.93. The second-order valence-electron chi connectivity index (χ2n) is 5.97. The van der Waals surface area contributed by atoms with Crippen molar-refractivity contribution in [3.05, 3.63) is 74.9 Å². The lowest BCUT2D eigenvalue weighted by Gasteiger charge is -2.13. The highest BCUT2D eigenvalue weighted by molar-refractivity contribution is 9.10. The number of rotatable bonds is 6. The fourth-order valence-electron chi connectivity index (χ4n) is 2.61. The number of carbonyl (C=O) groups excluding carboxylic acids is 3. The summed E-state index contributed by atoms with van der Waals surface area (Å²) in [6.07, 6.45) is 1.56. The van der Waals surface area contributed by atoms with E-state index in [0.29, 0.717) is 0 Å². The topological polar surface area (TPSA) is 66.5 Å². The van der Waals surface area contributed by atoms with Crippen LogP contribution in [-0.2, 0) is 16.0 Å². The van der Waals surface area contributed by atoms with Crippen molar-refractivity contribution >= 4 is 50.8 Å². The monoisotopic (exact) mass is 462 g/mol. The molecule has 0 radical (unpaired) electrons. The Labute approximate surface area is 174 Å². The molecule has 144 valence electrons. The van der Waals surface area contributed by atoms with Gasteiger partial charge in [0, 0.05) is 23.1 Å². The third-order valence-electron chi connectivity index (χ3n) is 4.03. The summed E-state index contributed by atoms with van der Waals surface area (Å²) in [6.45, 7) is 0.204. The van der Waals surface area contributed by atoms with Crippen LogP contribution in [0.1, 0.15) is 11.1 Å². The molecule has 0 aliphatic carbocycles. The van der Waals surface area contributed by atoms with E-state index in [1.807, 2.05) is 24.3 Å². The molecular weight excluding hydrogens is 447 g/mol. The summed E-state index contributed by atoms with van der Waals surface area (Å²) >= 11 is 4.15. The summed E-state index contributed by atoms with van der Waals surface area (Å²) in [5.41, 5.74) is 1.09. The second kappa shape index (κ2) is 9.16. The first-order chi connectivity index (χ1) is 13.5. The molecule has 0 spiro atoms. The van der Waals surface area contributed by atoms with E-state index in [1.54, 1.807) is 12.1 Å². The van der Waals surface area contributed by atoms with Crippen LogP contribution >= 0.6 is 27.7 Å². The summed E-state index contributed by atoms with van der Waals surface area (Å²) in [4.78, 5) is 37.8. The van der Waals surface area contributed by atoms with Gasteiger partial charge in [0.25, 0.3) is 11.1 Å². The van der Waals surface area contributed by atoms with Crippen LogP contribution in [0.25, 0.3) is 6.08 Å². The number of thioether (sulfide) groups is 1. The molecule has 2 aromatic rings. The van der Waals surface area contributed by atoms with Crippen LogP contribution in [-0.4, -0.2) is 35.0 Å². The SMILES string of the molecule is O=C(Cc1ccccc1Br)NCCN1C(=O)S/C(=C/c2ccccc2F)C1=O. The van der Waals surface area contributed by atoms with Gasteiger partial charge in [0.15, 0.2) is 0 Å². The van der Waals surface area contributed by atoms with E-state index >= 15 is 0 Å². The molecule has 1 aliphatic rings. The van der Waals surface area contributed by atoms with Crippen LogP contribution in [0.15, 0.2) is 57.9 Å². The maximum atomic E-state index is 13.7. The Kier molecular flexibility index (Phi) is 6.64. The summed E-state index contributed by atoms with van der Waals surface area (Å²) in [7, 11) is 0. The van der Waals surface area contributed by atoms with Gasteiger partial charge in [-0.25, -0.2) is 4.39 Å². The molecule has 0 unspecified atom stereocenters. The Morgan fingerprint density at radius 2 is 1.86 bits per heavy atom. The van der Waals surface area contributed by atoms with Gasteiger partial charge in [0.1, 0.15) is 5.82 Å². The standard InChI is InChI=1S/C20H16BrFN2O3S/c21-15-7-3-1-5-13(15)12-18(25)23-9-10-24-19(26)17(28-20(24)27)11-14-6-2-4-8-16(14)22/h1-8,11H,9-10,12H2,(H,23,25)/b17-11+. The van der Waals surface area contributed by atoms with E-state index in [4.69, 9.17) is 0 Å². The van der Waals surface area contributed by atoms with E-state index in [1.165, 1.54) is 18.2 Å². The first-order valence-corrected chi connectivity index (χ1v) is 10.1. The van der Waals surface area contributed by atoms with Crippen molar-refractivity contribution < 1.29 is 18.8 Å². The molecule has 8 heteroatoms. The van der Waals surface area contributed by atoms with E-state index in [9.17, 15) is 18.8 Å². The Hall–Kier alpha value is -2.45. The maximum Gasteiger partial charge on any atom is 0.293 e. The van der Waals surface area contributed by atoms with Gasteiger partial charge in [0.2, 0.25) is 5.91 Å². The molecule has 5 nitrogen and oxygen atoms in total. The number of amides is 3. The van der Waals surface area contributed by atoms with Gasteiger partial charge in [-0.15, -0.1) is 0 Å². The predicted octanol–water partition coefficient (Wildman–Crippen LogP) is 3.98. The molecule has 1 saturated heterocycles. The van der Waals surface area contributed by atoms with Crippen LogP contribution in [0.3, 0.4) is 0 Å². The normalized spacial score (nSPS) is 15.4. The zero-order valence-electron chi connectivity index (χ0n) is 14.7. The molecule has 3 amide bonds. The molecule has 3 rings (SSSR count). The largest absolute Gasteiger partial charge is 0.354 e. The van der Waals surface area contributed by atoms with Crippen molar-refractivity contribution in [3.8, 4) is 0 Å². The number of nitrogens with zero attached hydrogens (tertiary/aromatic N) is 1. The maximum absolute atomic E-state index is 13.7. The van der Waals surface area contributed by atoms with Crippen LogP contribution in [0.2, 0.25) is 0 Å². The number of halogens is 2. The van der Waals surface area contributed by atoms with Gasteiger partial charge in [-0.3, -0.25) is 19.3 Å². The minimum Gasteiger partial charge on any atom is -0.354 e. The lowest BCUT2D eigenvalue weighted by atomic mass is 10.1. The molecule has 0 atom stereocenters.